The van der Waals surface area contributed by atoms with E-state index >= 15 is 0 Å². The molecule has 1 fully saturated rings. The fourth-order valence-corrected chi connectivity index (χ4v) is 3.24. The third-order valence-corrected chi connectivity index (χ3v) is 4.86. The number of nitrogens with one attached hydrogen (secondary N) is 1. The molecular formula is C14H20ClNO3S. The maximum absolute atomic E-state index is 11.6. The monoisotopic (exact) mass is 317 g/mol. The molecule has 1 N–H and O–H groups in total. The molecule has 1 aliphatic rings. The predicted molar refractivity (Wildman–Crippen MR) is 81.2 cm³/mol. The van der Waals surface area contributed by atoms with E-state index in [-0.39, 0.29) is 16.5 Å². The van der Waals surface area contributed by atoms with Gasteiger partial charge in [0.25, 0.3) is 0 Å². The Balaban J connectivity index is 2.21. The number of hydrogen-bond acceptors (Lipinski definition) is 4. The lowest BCUT2D eigenvalue weighted by Gasteiger charge is -2.36. The number of anilines is 1. The molecule has 1 aromatic rings. The smallest absolute Gasteiger partial charge is 0.175 e. The standard InChI is InChI=1S/C14H20ClNO3S/c1-14(2)9-10(6-7-19-14)16-13-8-11(20(3,17)18)4-5-12(13)15/h4-5,8,10,16H,6-7,9H2,1-3H3. The maximum atomic E-state index is 11.6. The molecule has 0 aromatic heterocycles. The first kappa shape index (κ1) is 15.6. The lowest BCUT2D eigenvalue weighted by Crippen LogP contribution is -2.40. The SMILES string of the molecule is CC1(C)CC(Nc2cc(S(C)(=O)=O)ccc2Cl)CCO1. The van der Waals surface area contributed by atoms with Crippen molar-refractivity contribution in [3.63, 3.8) is 0 Å². The summed E-state index contributed by atoms with van der Waals surface area (Å²) in [7, 11) is -3.23. The summed E-state index contributed by atoms with van der Waals surface area (Å²) in [5.74, 6) is 0. The average Bonchev–Trinajstić information content (AvgIpc) is 2.29. The van der Waals surface area contributed by atoms with Crippen LogP contribution in [0.2, 0.25) is 5.02 Å². The summed E-state index contributed by atoms with van der Waals surface area (Å²) in [6.07, 6.45) is 2.92. The Kier molecular flexibility index (Phi) is 4.33. The fraction of sp³-hybridized carbons (Fsp3) is 0.571. The van der Waals surface area contributed by atoms with Crippen LogP contribution in [0.15, 0.2) is 23.1 Å². The van der Waals surface area contributed by atoms with Crippen LogP contribution in [-0.4, -0.2) is 32.9 Å². The van der Waals surface area contributed by atoms with Crippen LogP contribution in [0.1, 0.15) is 26.7 Å². The Morgan fingerprint density at radius 3 is 2.70 bits per heavy atom. The Morgan fingerprint density at radius 1 is 1.40 bits per heavy atom. The molecule has 0 radical (unpaired) electrons. The second-order valence-electron chi connectivity index (χ2n) is 5.86. The van der Waals surface area contributed by atoms with Gasteiger partial charge in [-0.25, -0.2) is 8.42 Å². The first-order valence-electron chi connectivity index (χ1n) is 6.57. The van der Waals surface area contributed by atoms with Crippen LogP contribution in [0, 0.1) is 0 Å². The van der Waals surface area contributed by atoms with E-state index in [9.17, 15) is 8.42 Å². The molecule has 1 unspecified atom stereocenters. The normalized spacial score (nSPS) is 22.5. The van der Waals surface area contributed by atoms with Gasteiger partial charge in [-0.05, 0) is 44.9 Å². The molecule has 2 rings (SSSR count). The summed E-state index contributed by atoms with van der Waals surface area (Å²) in [4.78, 5) is 0.274. The van der Waals surface area contributed by atoms with Crippen molar-refractivity contribution in [3.05, 3.63) is 23.2 Å². The first-order chi connectivity index (χ1) is 9.17. The van der Waals surface area contributed by atoms with Crippen molar-refractivity contribution in [3.8, 4) is 0 Å². The van der Waals surface area contributed by atoms with Gasteiger partial charge in [0.2, 0.25) is 0 Å². The van der Waals surface area contributed by atoms with Crippen LogP contribution in [-0.2, 0) is 14.6 Å². The predicted octanol–water partition coefficient (Wildman–Crippen LogP) is 3.11. The number of sulfone groups is 1. The number of rotatable bonds is 3. The second kappa shape index (κ2) is 5.54. The summed E-state index contributed by atoms with van der Waals surface area (Å²) in [5, 5.41) is 3.87. The average molecular weight is 318 g/mol. The molecule has 0 spiro atoms. The van der Waals surface area contributed by atoms with Crippen LogP contribution in [0.25, 0.3) is 0 Å². The highest BCUT2D eigenvalue weighted by Gasteiger charge is 2.29. The van der Waals surface area contributed by atoms with Gasteiger partial charge in [0.1, 0.15) is 0 Å². The second-order valence-corrected chi connectivity index (χ2v) is 8.28. The largest absolute Gasteiger partial charge is 0.381 e. The van der Waals surface area contributed by atoms with Gasteiger partial charge in [-0.1, -0.05) is 11.6 Å². The van der Waals surface area contributed by atoms with Crippen molar-refractivity contribution < 1.29 is 13.2 Å². The Labute approximate surface area is 125 Å². The van der Waals surface area contributed by atoms with E-state index in [0.717, 1.165) is 12.8 Å². The zero-order valence-corrected chi connectivity index (χ0v) is 13.5. The lowest BCUT2D eigenvalue weighted by molar-refractivity contribution is -0.0553. The van der Waals surface area contributed by atoms with Crippen LogP contribution in [0.3, 0.4) is 0 Å². The van der Waals surface area contributed by atoms with Gasteiger partial charge in [0, 0.05) is 18.9 Å². The van der Waals surface area contributed by atoms with Crippen molar-refractivity contribution in [2.24, 2.45) is 0 Å². The molecule has 112 valence electrons. The minimum atomic E-state index is -3.23. The Morgan fingerprint density at radius 2 is 2.10 bits per heavy atom. The third kappa shape index (κ3) is 3.87. The molecule has 6 heteroatoms. The van der Waals surface area contributed by atoms with Gasteiger partial charge in [-0.2, -0.15) is 0 Å². The molecule has 0 saturated carbocycles. The van der Waals surface area contributed by atoms with Gasteiger partial charge < -0.3 is 10.1 Å². The summed E-state index contributed by atoms with van der Waals surface area (Å²) >= 11 is 6.15. The van der Waals surface area contributed by atoms with E-state index in [0.29, 0.717) is 17.3 Å². The van der Waals surface area contributed by atoms with Crippen molar-refractivity contribution in [2.75, 3.05) is 18.2 Å². The maximum Gasteiger partial charge on any atom is 0.175 e. The first-order valence-corrected chi connectivity index (χ1v) is 8.84. The highest BCUT2D eigenvalue weighted by atomic mass is 35.5. The van der Waals surface area contributed by atoms with Gasteiger partial charge in [-0.15, -0.1) is 0 Å². The summed E-state index contributed by atoms with van der Waals surface area (Å²) in [6.45, 7) is 4.79. The van der Waals surface area contributed by atoms with Crippen LogP contribution in [0.4, 0.5) is 5.69 Å². The van der Waals surface area contributed by atoms with Crippen molar-refractivity contribution in [1.82, 2.24) is 0 Å². The molecule has 4 nitrogen and oxygen atoms in total. The Bertz CT molecular complexity index is 598. The molecule has 1 aliphatic heterocycles. The van der Waals surface area contributed by atoms with Crippen molar-refractivity contribution in [1.29, 1.82) is 0 Å². The number of halogens is 1. The minimum absolute atomic E-state index is 0.170. The minimum Gasteiger partial charge on any atom is -0.381 e. The summed E-state index contributed by atoms with van der Waals surface area (Å²) < 4.78 is 28.9. The van der Waals surface area contributed by atoms with Crippen molar-refractivity contribution >= 4 is 27.1 Å². The number of ether oxygens (including phenoxy) is 1. The molecule has 0 aliphatic carbocycles. The van der Waals surface area contributed by atoms with Crippen LogP contribution in [0.5, 0.6) is 0 Å². The third-order valence-electron chi connectivity index (χ3n) is 3.42. The lowest BCUT2D eigenvalue weighted by atomic mass is 9.94. The van der Waals surface area contributed by atoms with E-state index in [1.807, 2.05) is 0 Å². The van der Waals surface area contributed by atoms with Gasteiger partial charge in [0.05, 0.1) is 21.2 Å². The topological polar surface area (TPSA) is 55.4 Å². The van der Waals surface area contributed by atoms with Gasteiger partial charge in [0.15, 0.2) is 9.84 Å². The van der Waals surface area contributed by atoms with E-state index in [1.165, 1.54) is 12.3 Å². The molecule has 1 atom stereocenters. The zero-order valence-electron chi connectivity index (χ0n) is 11.9. The highest BCUT2D eigenvalue weighted by molar-refractivity contribution is 7.90. The molecule has 1 aromatic carbocycles. The van der Waals surface area contributed by atoms with E-state index in [2.05, 4.69) is 19.2 Å². The van der Waals surface area contributed by atoms with Crippen molar-refractivity contribution in [2.45, 2.75) is 43.2 Å². The highest BCUT2D eigenvalue weighted by Crippen LogP contribution is 2.30. The molecule has 1 heterocycles. The zero-order chi connectivity index (χ0) is 15.0. The quantitative estimate of drug-likeness (QED) is 0.930. The fourth-order valence-electron chi connectivity index (χ4n) is 2.42. The van der Waals surface area contributed by atoms with Gasteiger partial charge in [-0.3, -0.25) is 0 Å². The van der Waals surface area contributed by atoms with E-state index in [4.69, 9.17) is 16.3 Å². The molecule has 1 saturated heterocycles. The molecule has 20 heavy (non-hydrogen) atoms. The molecular weight excluding hydrogens is 298 g/mol. The molecule has 0 bridgehead atoms. The molecule has 0 amide bonds. The summed E-state index contributed by atoms with van der Waals surface area (Å²) in [6, 6.07) is 4.97. The number of benzene rings is 1. The van der Waals surface area contributed by atoms with Crippen LogP contribution < -0.4 is 5.32 Å². The van der Waals surface area contributed by atoms with Crippen LogP contribution >= 0.6 is 11.6 Å². The van der Waals surface area contributed by atoms with E-state index in [1.54, 1.807) is 12.1 Å². The van der Waals surface area contributed by atoms with Gasteiger partial charge >= 0.3 is 0 Å². The Hall–Kier alpha value is -0.780. The van der Waals surface area contributed by atoms with E-state index < -0.39 is 9.84 Å². The number of hydrogen-bond donors (Lipinski definition) is 1. The summed E-state index contributed by atoms with van der Waals surface area (Å²) in [5.41, 5.74) is 0.494.